The average Bonchev–Trinajstić information content (AvgIpc) is 2.54. The SMILES string of the molecule is CNC1CCCCC(Cc2cccc(O)c2)C1. The van der Waals surface area contributed by atoms with Crippen molar-refractivity contribution in [2.75, 3.05) is 7.05 Å². The van der Waals surface area contributed by atoms with E-state index in [0.717, 1.165) is 12.3 Å². The summed E-state index contributed by atoms with van der Waals surface area (Å²) >= 11 is 0. The Morgan fingerprint density at radius 1 is 1.29 bits per heavy atom. The van der Waals surface area contributed by atoms with Crippen molar-refractivity contribution in [2.24, 2.45) is 5.92 Å². The second-order valence-electron chi connectivity index (χ2n) is 5.25. The van der Waals surface area contributed by atoms with E-state index < -0.39 is 0 Å². The fourth-order valence-corrected chi connectivity index (χ4v) is 2.93. The molecule has 2 nitrogen and oxygen atoms in total. The van der Waals surface area contributed by atoms with E-state index in [0.29, 0.717) is 11.8 Å². The van der Waals surface area contributed by atoms with Gasteiger partial charge in [0.05, 0.1) is 0 Å². The van der Waals surface area contributed by atoms with Gasteiger partial charge in [0.1, 0.15) is 5.75 Å². The molecule has 0 spiro atoms. The van der Waals surface area contributed by atoms with Crippen LogP contribution < -0.4 is 5.32 Å². The molecule has 1 saturated carbocycles. The normalized spacial score (nSPS) is 25.5. The number of nitrogens with one attached hydrogen (secondary N) is 1. The van der Waals surface area contributed by atoms with Crippen LogP contribution in [-0.2, 0) is 6.42 Å². The highest BCUT2D eigenvalue weighted by molar-refractivity contribution is 5.27. The predicted molar refractivity (Wildman–Crippen MR) is 71.2 cm³/mol. The van der Waals surface area contributed by atoms with Crippen LogP contribution in [0, 0.1) is 5.92 Å². The largest absolute Gasteiger partial charge is 0.508 e. The summed E-state index contributed by atoms with van der Waals surface area (Å²) in [4.78, 5) is 0. The molecule has 1 fully saturated rings. The van der Waals surface area contributed by atoms with Crippen LogP contribution >= 0.6 is 0 Å². The van der Waals surface area contributed by atoms with Crippen LogP contribution in [0.3, 0.4) is 0 Å². The van der Waals surface area contributed by atoms with Gasteiger partial charge in [0.25, 0.3) is 0 Å². The van der Waals surface area contributed by atoms with Crippen molar-refractivity contribution in [2.45, 2.75) is 44.6 Å². The Bertz CT molecular complexity index is 351. The summed E-state index contributed by atoms with van der Waals surface area (Å²) < 4.78 is 0. The zero-order valence-electron chi connectivity index (χ0n) is 10.7. The third-order valence-corrected chi connectivity index (χ3v) is 3.88. The second-order valence-corrected chi connectivity index (χ2v) is 5.25. The number of aromatic hydroxyl groups is 1. The van der Waals surface area contributed by atoms with E-state index in [1.807, 2.05) is 12.1 Å². The maximum atomic E-state index is 9.48. The lowest BCUT2D eigenvalue weighted by molar-refractivity contribution is 0.399. The molecular weight excluding hydrogens is 210 g/mol. The van der Waals surface area contributed by atoms with Crippen molar-refractivity contribution in [1.82, 2.24) is 5.32 Å². The quantitative estimate of drug-likeness (QED) is 0.786. The van der Waals surface area contributed by atoms with Gasteiger partial charge in [-0.3, -0.25) is 0 Å². The van der Waals surface area contributed by atoms with Gasteiger partial charge in [-0.15, -0.1) is 0 Å². The van der Waals surface area contributed by atoms with Crippen molar-refractivity contribution >= 4 is 0 Å². The van der Waals surface area contributed by atoms with E-state index >= 15 is 0 Å². The molecule has 0 aromatic heterocycles. The lowest BCUT2D eigenvalue weighted by Crippen LogP contribution is -2.26. The van der Waals surface area contributed by atoms with Gasteiger partial charge in [0.15, 0.2) is 0 Å². The monoisotopic (exact) mass is 233 g/mol. The average molecular weight is 233 g/mol. The standard InChI is InChI=1S/C15H23NO/c1-16-14-7-3-2-5-12(10-14)9-13-6-4-8-15(17)11-13/h4,6,8,11-12,14,16-17H,2-3,5,7,9-10H2,1H3. The summed E-state index contributed by atoms with van der Waals surface area (Å²) in [6, 6.07) is 8.39. The molecule has 0 aliphatic heterocycles. The lowest BCUT2D eigenvalue weighted by Gasteiger charge is -2.19. The van der Waals surface area contributed by atoms with Crippen LogP contribution in [0.15, 0.2) is 24.3 Å². The third kappa shape index (κ3) is 3.74. The molecule has 0 amide bonds. The predicted octanol–water partition coefficient (Wildman–Crippen LogP) is 3.10. The fraction of sp³-hybridized carbons (Fsp3) is 0.600. The first-order valence-electron chi connectivity index (χ1n) is 6.73. The third-order valence-electron chi connectivity index (χ3n) is 3.88. The van der Waals surface area contributed by atoms with Gasteiger partial charge in [0.2, 0.25) is 0 Å². The van der Waals surface area contributed by atoms with Crippen molar-refractivity contribution in [3.8, 4) is 5.75 Å². The van der Waals surface area contributed by atoms with Crippen LogP contribution in [0.4, 0.5) is 0 Å². The van der Waals surface area contributed by atoms with Gasteiger partial charge >= 0.3 is 0 Å². The number of phenols is 1. The summed E-state index contributed by atoms with van der Waals surface area (Å²) in [6.07, 6.45) is 7.71. The molecule has 2 N–H and O–H groups in total. The first-order valence-corrected chi connectivity index (χ1v) is 6.73. The van der Waals surface area contributed by atoms with Crippen molar-refractivity contribution in [3.05, 3.63) is 29.8 Å². The maximum absolute atomic E-state index is 9.48. The number of hydrogen-bond acceptors (Lipinski definition) is 2. The van der Waals surface area contributed by atoms with Crippen molar-refractivity contribution in [3.63, 3.8) is 0 Å². The minimum atomic E-state index is 0.390. The van der Waals surface area contributed by atoms with E-state index in [4.69, 9.17) is 0 Å². The highest BCUT2D eigenvalue weighted by Crippen LogP contribution is 2.27. The summed E-state index contributed by atoms with van der Waals surface area (Å²) in [6.45, 7) is 0. The molecule has 2 unspecified atom stereocenters. The molecule has 17 heavy (non-hydrogen) atoms. The Morgan fingerprint density at radius 3 is 2.88 bits per heavy atom. The molecule has 1 aliphatic carbocycles. The fourth-order valence-electron chi connectivity index (χ4n) is 2.93. The lowest BCUT2D eigenvalue weighted by atomic mass is 9.91. The highest BCUT2D eigenvalue weighted by Gasteiger charge is 2.19. The first-order chi connectivity index (χ1) is 8.28. The second kappa shape index (κ2) is 6.06. The van der Waals surface area contributed by atoms with E-state index in [1.54, 1.807) is 6.07 Å². The van der Waals surface area contributed by atoms with Gasteiger partial charge in [-0.05, 0) is 49.9 Å². The van der Waals surface area contributed by atoms with Gasteiger partial charge in [-0.25, -0.2) is 0 Å². The maximum Gasteiger partial charge on any atom is 0.115 e. The van der Waals surface area contributed by atoms with Crippen LogP contribution in [-0.4, -0.2) is 18.2 Å². The summed E-state index contributed by atoms with van der Waals surface area (Å²) in [5, 5.41) is 12.9. The Kier molecular flexibility index (Phi) is 4.43. The summed E-state index contributed by atoms with van der Waals surface area (Å²) in [5.41, 5.74) is 1.27. The van der Waals surface area contributed by atoms with Crippen LogP contribution in [0.1, 0.15) is 37.7 Å². The topological polar surface area (TPSA) is 32.3 Å². The molecule has 0 saturated heterocycles. The Hall–Kier alpha value is -1.02. The molecule has 0 heterocycles. The first kappa shape index (κ1) is 12.4. The zero-order valence-corrected chi connectivity index (χ0v) is 10.7. The number of benzene rings is 1. The van der Waals surface area contributed by atoms with Gasteiger partial charge in [-0.2, -0.15) is 0 Å². The van der Waals surface area contributed by atoms with Gasteiger partial charge in [-0.1, -0.05) is 31.4 Å². The van der Waals surface area contributed by atoms with Gasteiger partial charge in [0, 0.05) is 6.04 Å². The van der Waals surface area contributed by atoms with Crippen molar-refractivity contribution in [1.29, 1.82) is 0 Å². The summed E-state index contributed by atoms with van der Waals surface area (Å²) in [7, 11) is 2.07. The number of rotatable bonds is 3. The molecule has 1 aromatic carbocycles. The number of hydrogen-bond donors (Lipinski definition) is 2. The molecule has 2 rings (SSSR count). The van der Waals surface area contributed by atoms with Gasteiger partial charge < -0.3 is 10.4 Å². The minimum Gasteiger partial charge on any atom is -0.508 e. The number of phenolic OH excluding ortho intramolecular Hbond substituents is 1. The molecule has 2 heteroatoms. The molecular formula is C15H23NO. The van der Waals surface area contributed by atoms with Crippen LogP contribution in [0.2, 0.25) is 0 Å². The molecule has 0 radical (unpaired) electrons. The Labute approximate surface area is 104 Å². The summed E-state index contributed by atoms with van der Waals surface area (Å²) in [5.74, 6) is 1.15. The smallest absolute Gasteiger partial charge is 0.115 e. The zero-order chi connectivity index (χ0) is 12.1. The van der Waals surface area contributed by atoms with E-state index in [-0.39, 0.29) is 0 Å². The Morgan fingerprint density at radius 2 is 2.12 bits per heavy atom. The van der Waals surface area contributed by atoms with Crippen LogP contribution in [0.5, 0.6) is 5.75 Å². The molecule has 94 valence electrons. The highest BCUT2D eigenvalue weighted by atomic mass is 16.3. The van der Waals surface area contributed by atoms with E-state index in [1.165, 1.54) is 37.7 Å². The Balaban J connectivity index is 1.97. The van der Waals surface area contributed by atoms with Crippen molar-refractivity contribution < 1.29 is 5.11 Å². The molecule has 1 aromatic rings. The van der Waals surface area contributed by atoms with E-state index in [2.05, 4.69) is 18.4 Å². The molecule has 0 bridgehead atoms. The molecule has 1 aliphatic rings. The van der Waals surface area contributed by atoms with E-state index in [9.17, 15) is 5.11 Å². The molecule has 2 atom stereocenters. The minimum absolute atomic E-state index is 0.390. The van der Waals surface area contributed by atoms with Crippen LogP contribution in [0.25, 0.3) is 0 Å².